The molecule has 0 N–H and O–H groups in total. The van der Waals surface area contributed by atoms with Crippen molar-refractivity contribution < 1.29 is 8.42 Å². The van der Waals surface area contributed by atoms with Crippen LogP contribution in [-0.4, -0.2) is 25.5 Å². The van der Waals surface area contributed by atoms with Gasteiger partial charge in [-0.05, 0) is 5.56 Å². The van der Waals surface area contributed by atoms with Gasteiger partial charge in [-0.1, -0.05) is 30.3 Å². The van der Waals surface area contributed by atoms with E-state index in [0.29, 0.717) is 0 Å². The van der Waals surface area contributed by atoms with E-state index in [-0.39, 0.29) is 11.8 Å². The Morgan fingerprint density at radius 3 is 2.38 bits per heavy atom. The maximum Gasteiger partial charge on any atom is 0.216 e. The first-order valence-electron chi connectivity index (χ1n) is 4.12. The summed E-state index contributed by atoms with van der Waals surface area (Å²) in [6, 6.07) is 9.73. The molecule has 0 saturated carbocycles. The van der Waals surface area contributed by atoms with Gasteiger partial charge >= 0.3 is 0 Å². The average molecular weight is 197 g/mol. The molecule has 1 saturated heterocycles. The van der Waals surface area contributed by atoms with Gasteiger partial charge in [-0.25, -0.2) is 8.42 Å². The van der Waals surface area contributed by atoms with Crippen molar-refractivity contribution in [2.75, 3.05) is 12.8 Å². The molecule has 2 rings (SSSR count). The van der Waals surface area contributed by atoms with Gasteiger partial charge < -0.3 is 0 Å². The minimum atomic E-state index is -2.92. The monoisotopic (exact) mass is 197 g/mol. The summed E-state index contributed by atoms with van der Waals surface area (Å²) in [6.45, 7) is 0. The second-order valence-corrected chi connectivity index (χ2v) is 5.29. The van der Waals surface area contributed by atoms with E-state index in [4.69, 9.17) is 0 Å². The molecular weight excluding hydrogens is 186 g/mol. The van der Waals surface area contributed by atoms with E-state index in [2.05, 4.69) is 0 Å². The summed E-state index contributed by atoms with van der Waals surface area (Å²) >= 11 is 0. The smallest absolute Gasteiger partial charge is 0.212 e. The van der Waals surface area contributed by atoms with Gasteiger partial charge in [0.05, 0.1) is 11.8 Å². The minimum absolute atomic E-state index is 0.0474. The Morgan fingerprint density at radius 2 is 1.92 bits per heavy atom. The Bertz CT molecular complexity index is 399. The van der Waals surface area contributed by atoms with Gasteiger partial charge in [-0.2, -0.15) is 4.31 Å². The van der Waals surface area contributed by atoms with E-state index in [9.17, 15) is 8.42 Å². The SMILES string of the molecule is CN1C(c2ccccc2)CS1(=O)=O. The molecule has 4 heteroatoms. The van der Waals surface area contributed by atoms with Crippen LogP contribution < -0.4 is 0 Å². The lowest BCUT2D eigenvalue weighted by Crippen LogP contribution is -2.47. The van der Waals surface area contributed by atoms with E-state index in [1.165, 1.54) is 4.31 Å². The largest absolute Gasteiger partial charge is 0.216 e. The summed E-state index contributed by atoms with van der Waals surface area (Å²) in [5.41, 5.74) is 1.07. The molecule has 1 aromatic carbocycles. The van der Waals surface area contributed by atoms with Crippen molar-refractivity contribution in [1.82, 2.24) is 4.31 Å². The van der Waals surface area contributed by atoms with Crippen LogP contribution in [0, 0.1) is 0 Å². The second-order valence-electron chi connectivity index (χ2n) is 3.22. The first kappa shape index (κ1) is 8.72. The highest BCUT2D eigenvalue weighted by Crippen LogP contribution is 2.32. The zero-order chi connectivity index (χ0) is 9.47. The zero-order valence-corrected chi connectivity index (χ0v) is 8.16. The van der Waals surface area contributed by atoms with Gasteiger partial charge in [0.25, 0.3) is 0 Å². The van der Waals surface area contributed by atoms with Gasteiger partial charge in [0, 0.05) is 7.05 Å². The van der Waals surface area contributed by atoms with Crippen molar-refractivity contribution >= 4 is 10.0 Å². The molecule has 0 aromatic heterocycles. The lowest BCUT2D eigenvalue weighted by atomic mass is 10.1. The summed E-state index contributed by atoms with van der Waals surface area (Å²) in [5.74, 6) is 0.244. The molecule has 3 nitrogen and oxygen atoms in total. The van der Waals surface area contributed by atoms with E-state index < -0.39 is 10.0 Å². The molecule has 0 bridgehead atoms. The van der Waals surface area contributed by atoms with Crippen LogP contribution in [-0.2, 0) is 10.0 Å². The highest BCUT2D eigenvalue weighted by molar-refractivity contribution is 7.90. The molecule has 13 heavy (non-hydrogen) atoms. The van der Waals surface area contributed by atoms with Crippen LogP contribution >= 0.6 is 0 Å². The van der Waals surface area contributed by atoms with Crippen molar-refractivity contribution in [3.63, 3.8) is 0 Å². The van der Waals surface area contributed by atoms with Gasteiger partial charge in [-0.15, -0.1) is 0 Å². The van der Waals surface area contributed by atoms with Crippen molar-refractivity contribution in [2.24, 2.45) is 0 Å². The number of rotatable bonds is 1. The normalized spacial score (nSPS) is 26.7. The molecule has 1 aromatic rings. The third-order valence-corrected chi connectivity index (χ3v) is 4.30. The molecule has 1 atom stereocenters. The predicted octanol–water partition coefficient (Wildman–Crippen LogP) is 1.00. The number of benzene rings is 1. The number of hydrogen-bond acceptors (Lipinski definition) is 2. The topological polar surface area (TPSA) is 37.4 Å². The van der Waals surface area contributed by atoms with Gasteiger partial charge in [0.15, 0.2) is 0 Å². The molecule has 0 spiro atoms. The Morgan fingerprint density at radius 1 is 1.31 bits per heavy atom. The number of sulfonamides is 1. The Hall–Kier alpha value is -0.870. The van der Waals surface area contributed by atoms with Crippen molar-refractivity contribution in [3.8, 4) is 0 Å². The van der Waals surface area contributed by atoms with Crippen LogP contribution in [0.1, 0.15) is 11.6 Å². The molecule has 1 heterocycles. The van der Waals surface area contributed by atoms with Crippen molar-refractivity contribution in [1.29, 1.82) is 0 Å². The van der Waals surface area contributed by atoms with Crippen molar-refractivity contribution in [3.05, 3.63) is 35.9 Å². The van der Waals surface area contributed by atoms with Gasteiger partial charge in [0.1, 0.15) is 0 Å². The Labute approximate surface area is 78.0 Å². The summed E-state index contributed by atoms with van der Waals surface area (Å²) in [4.78, 5) is 0. The van der Waals surface area contributed by atoms with Crippen LogP contribution in [0.15, 0.2) is 30.3 Å². The maximum absolute atomic E-state index is 11.1. The molecule has 1 aliphatic rings. The van der Waals surface area contributed by atoms with Crippen LogP contribution in [0.2, 0.25) is 0 Å². The third kappa shape index (κ3) is 1.36. The summed E-state index contributed by atoms with van der Waals surface area (Å²) in [7, 11) is -1.30. The Balaban J connectivity index is 2.24. The predicted molar refractivity (Wildman–Crippen MR) is 50.7 cm³/mol. The average Bonchev–Trinajstić information content (AvgIpc) is 2.15. The van der Waals surface area contributed by atoms with E-state index in [1.807, 2.05) is 30.3 Å². The highest BCUT2D eigenvalue weighted by atomic mass is 32.2. The molecular formula is C9H11NO2S. The van der Waals surface area contributed by atoms with Gasteiger partial charge in [-0.3, -0.25) is 0 Å². The molecule has 1 unspecified atom stereocenters. The number of nitrogens with zero attached hydrogens (tertiary/aromatic N) is 1. The lowest BCUT2D eigenvalue weighted by molar-refractivity contribution is 0.343. The lowest BCUT2D eigenvalue weighted by Gasteiger charge is -2.37. The molecule has 0 aliphatic carbocycles. The zero-order valence-electron chi connectivity index (χ0n) is 7.34. The van der Waals surface area contributed by atoms with Gasteiger partial charge in [0.2, 0.25) is 10.0 Å². The molecule has 0 amide bonds. The fourth-order valence-electron chi connectivity index (χ4n) is 1.51. The van der Waals surface area contributed by atoms with Crippen LogP contribution in [0.3, 0.4) is 0 Å². The summed E-state index contributed by atoms with van der Waals surface area (Å²) in [5, 5.41) is 0. The molecule has 1 fully saturated rings. The van der Waals surface area contributed by atoms with E-state index in [1.54, 1.807) is 7.05 Å². The van der Waals surface area contributed by atoms with E-state index in [0.717, 1.165) is 5.56 Å². The standard InChI is InChI=1S/C9H11NO2S/c1-10-9(7-13(10,11)12)8-5-3-2-4-6-8/h2-6,9H,7H2,1H3. The highest BCUT2D eigenvalue weighted by Gasteiger charge is 2.40. The minimum Gasteiger partial charge on any atom is -0.212 e. The van der Waals surface area contributed by atoms with Crippen LogP contribution in [0.5, 0.6) is 0 Å². The summed E-state index contributed by atoms with van der Waals surface area (Å²) in [6.07, 6.45) is 0. The van der Waals surface area contributed by atoms with Crippen molar-refractivity contribution in [2.45, 2.75) is 6.04 Å². The van der Waals surface area contributed by atoms with E-state index >= 15 is 0 Å². The quantitative estimate of drug-likeness (QED) is 0.673. The summed E-state index contributed by atoms with van der Waals surface area (Å²) < 4.78 is 23.7. The fourth-order valence-corrected chi connectivity index (χ4v) is 2.89. The Kier molecular flexibility index (Phi) is 1.89. The van der Waals surface area contributed by atoms with Crippen LogP contribution in [0.4, 0.5) is 0 Å². The molecule has 0 radical (unpaired) electrons. The first-order chi connectivity index (χ1) is 6.11. The third-order valence-electron chi connectivity index (χ3n) is 2.43. The second kappa shape index (κ2) is 2.82. The fraction of sp³-hybridized carbons (Fsp3) is 0.333. The number of hydrogen-bond donors (Lipinski definition) is 0. The molecule has 1 aliphatic heterocycles. The molecule has 70 valence electrons. The van der Waals surface area contributed by atoms with Crippen LogP contribution in [0.25, 0.3) is 0 Å². The maximum atomic E-state index is 11.1. The first-order valence-corrected chi connectivity index (χ1v) is 5.73.